The molecule has 1 aliphatic rings. The fourth-order valence-electron chi connectivity index (χ4n) is 3.71. The molecule has 7 nitrogen and oxygen atoms in total. The molecule has 0 saturated carbocycles. The number of nitrogens with one attached hydrogen (secondary N) is 2. The Morgan fingerprint density at radius 1 is 1.29 bits per heavy atom. The molecule has 2 N–H and O–H groups in total. The fourth-order valence-corrected chi connectivity index (χ4v) is 5.29. The minimum absolute atomic E-state index is 0.0929. The molecule has 3 aromatic rings. The topological polar surface area (TPSA) is 95.2 Å². The van der Waals surface area contributed by atoms with E-state index in [0.717, 1.165) is 27.9 Å². The average molecular weight is 419 g/mol. The molecule has 2 aromatic heterocycles. The van der Waals surface area contributed by atoms with E-state index in [1.54, 1.807) is 0 Å². The molecule has 1 aliphatic heterocycles. The number of fused-ring (bicyclic) bond motifs is 1. The normalized spacial score (nSPS) is 16.5. The van der Waals surface area contributed by atoms with Crippen LogP contribution in [0, 0.1) is 12.8 Å². The molecule has 0 unspecified atom stereocenters. The Kier molecular flexibility index (Phi) is 4.98. The van der Waals surface area contributed by atoms with E-state index in [1.807, 2.05) is 30.5 Å². The molecular formula is C19H22N4O3S2. The Bertz CT molecular complexity index is 1130. The molecule has 9 heteroatoms. The molecule has 1 saturated heterocycles. The van der Waals surface area contributed by atoms with Gasteiger partial charge < -0.3 is 10.3 Å². The smallest absolute Gasteiger partial charge is 0.229 e. The van der Waals surface area contributed by atoms with Crippen molar-refractivity contribution in [1.82, 2.24) is 14.3 Å². The molecule has 0 bridgehead atoms. The number of benzene rings is 1. The van der Waals surface area contributed by atoms with Crippen LogP contribution in [0.4, 0.5) is 5.13 Å². The predicted octanol–water partition coefficient (Wildman–Crippen LogP) is 3.21. The van der Waals surface area contributed by atoms with Crippen LogP contribution < -0.4 is 5.32 Å². The minimum Gasteiger partial charge on any atom is -0.358 e. The number of aryl methyl sites for hydroxylation is 1. The van der Waals surface area contributed by atoms with Crippen LogP contribution in [0.3, 0.4) is 0 Å². The molecular weight excluding hydrogens is 396 g/mol. The third kappa shape index (κ3) is 3.69. The maximum atomic E-state index is 12.6. The summed E-state index contributed by atoms with van der Waals surface area (Å²) in [7, 11) is -3.19. The number of nitrogens with zero attached hydrogens (tertiary/aromatic N) is 2. The Balaban J connectivity index is 1.47. The molecule has 3 heterocycles. The van der Waals surface area contributed by atoms with E-state index in [4.69, 9.17) is 0 Å². The lowest BCUT2D eigenvalue weighted by Crippen LogP contribution is -2.40. The van der Waals surface area contributed by atoms with Crippen LogP contribution in [0.25, 0.3) is 22.2 Å². The molecule has 1 aromatic carbocycles. The van der Waals surface area contributed by atoms with Crippen molar-refractivity contribution in [3.63, 3.8) is 0 Å². The van der Waals surface area contributed by atoms with Gasteiger partial charge in [-0.3, -0.25) is 4.79 Å². The Labute approximate surface area is 167 Å². The van der Waals surface area contributed by atoms with Crippen molar-refractivity contribution >= 4 is 43.3 Å². The molecule has 1 fully saturated rings. The number of sulfonamides is 1. The highest BCUT2D eigenvalue weighted by atomic mass is 32.2. The number of rotatable bonds is 4. The molecule has 1 amide bonds. The van der Waals surface area contributed by atoms with Gasteiger partial charge in [0.1, 0.15) is 0 Å². The predicted molar refractivity (Wildman–Crippen MR) is 112 cm³/mol. The highest BCUT2D eigenvalue weighted by Gasteiger charge is 2.29. The summed E-state index contributed by atoms with van der Waals surface area (Å²) in [5.41, 5.74) is 3.99. The maximum Gasteiger partial charge on any atom is 0.229 e. The number of carbonyl (C=O) groups is 1. The Hall–Kier alpha value is -2.23. The van der Waals surface area contributed by atoms with Crippen molar-refractivity contribution in [3.8, 4) is 11.3 Å². The van der Waals surface area contributed by atoms with Gasteiger partial charge in [0.2, 0.25) is 15.9 Å². The number of piperidine rings is 1. The van der Waals surface area contributed by atoms with Crippen LogP contribution in [0.1, 0.15) is 18.5 Å². The number of hydrogen-bond donors (Lipinski definition) is 2. The van der Waals surface area contributed by atoms with Gasteiger partial charge >= 0.3 is 0 Å². The quantitative estimate of drug-likeness (QED) is 0.680. The van der Waals surface area contributed by atoms with Crippen molar-refractivity contribution < 1.29 is 13.2 Å². The second kappa shape index (κ2) is 7.31. The number of aromatic nitrogens is 2. The number of amides is 1. The number of aromatic amines is 1. The summed E-state index contributed by atoms with van der Waals surface area (Å²) in [5.74, 6) is -0.287. The first-order chi connectivity index (χ1) is 13.3. The minimum atomic E-state index is -3.19. The summed E-state index contributed by atoms with van der Waals surface area (Å²) >= 11 is 1.40. The summed E-state index contributed by atoms with van der Waals surface area (Å²) < 4.78 is 24.6. The number of thiazole rings is 1. The van der Waals surface area contributed by atoms with Crippen molar-refractivity contribution in [2.75, 3.05) is 24.7 Å². The van der Waals surface area contributed by atoms with E-state index in [0.29, 0.717) is 31.1 Å². The van der Waals surface area contributed by atoms with Gasteiger partial charge in [0.05, 0.1) is 11.9 Å². The van der Waals surface area contributed by atoms with Gasteiger partial charge in [0.25, 0.3) is 0 Å². The van der Waals surface area contributed by atoms with Crippen molar-refractivity contribution in [3.05, 3.63) is 35.3 Å². The molecule has 0 aliphatic carbocycles. The first kappa shape index (κ1) is 19.1. The molecule has 28 heavy (non-hydrogen) atoms. The summed E-state index contributed by atoms with van der Waals surface area (Å²) in [6.07, 6.45) is 2.26. The van der Waals surface area contributed by atoms with Crippen LogP contribution >= 0.6 is 11.3 Å². The van der Waals surface area contributed by atoms with Gasteiger partial charge in [-0.2, -0.15) is 0 Å². The van der Waals surface area contributed by atoms with Crippen LogP contribution in [-0.2, 0) is 14.8 Å². The number of anilines is 1. The van der Waals surface area contributed by atoms with Crippen molar-refractivity contribution in [1.29, 1.82) is 0 Å². The number of hydrogen-bond acceptors (Lipinski definition) is 5. The zero-order valence-corrected chi connectivity index (χ0v) is 17.4. The summed E-state index contributed by atoms with van der Waals surface area (Å²) in [6.45, 7) is 2.78. The zero-order valence-electron chi connectivity index (χ0n) is 15.7. The average Bonchev–Trinajstić information content (AvgIpc) is 3.23. The number of H-pyrrole nitrogens is 1. The van der Waals surface area contributed by atoms with Gasteiger partial charge in [0, 0.05) is 46.5 Å². The largest absolute Gasteiger partial charge is 0.358 e. The SMILES string of the molecule is Cc1[nH]c2ccccc2c1-c1csc(NC(=O)C2CCN(S(C)(=O)=O)CC2)n1. The highest BCUT2D eigenvalue weighted by Crippen LogP contribution is 2.34. The van der Waals surface area contributed by atoms with Crippen LogP contribution in [0.2, 0.25) is 0 Å². The molecule has 4 rings (SSSR count). The van der Waals surface area contributed by atoms with E-state index >= 15 is 0 Å². The van der Waals surface area contributed by atoms with Gasteiger partial charge in [-0.1, -0.05) is 18.2 Å². The first-order valence-corrected chi connectivity index (χ1v) is 11.8. The third-order valence-corrected chi connectivity index (χ3v) is 7.24. The maximum absolute atomic E-state index is 12.6. The zero-order chi connectivity index (χ0) is 19.9. The van der Waals surface area contributed by atoms with Crippen LogP contribution in [-0.4, -0.2) is 47.9 Å². The van der Waals surface area contributed by atoms with Gasteiger partial charge in [0.15, 0.2) is 5.13 Å². The van der Waals surface area contributed by atoms with E-state index in [-0.39, 0.29) is 11.8 Å². The van der Waals surface area contributed by atoms with Crippen molar-refractivity contribution in [2.45, 2.75) is 19.8 Å². The Morgan fingerprint density at radius 3 is 2.71 bits per heavy atom. The fraction of sp³-hybridized carbons (Fsp3) is 0.368. The first-order valence-electron chi connectivity index (χ1n) is 9.12. The standard InChI is InChI=1S/C19H22N4O3S2/c1-12-17(14-5-3-4-6-15(14)20-12)16-11-27-19(21-16)22-18(24)13-7-9-23(10-8-13)28(2,25)26/h3-6,11,13,20H,7-10H2,1-2H3,(H,21,22,24). The Morgan fingerprint density at radius 2 is 2.00 bits per heavy atom. The lowest BCUT2D eigenvalue weighted by atomic mass is 9.97. The second-order valence-corrected chi connectivity index (χ2v) is 9.97. The summed E-state index contributed by atoms with van der Waals surface area (Å²) in [4.78, 5) is 20.6. The molecule has 148 valence electrons. The van der Waals surface area contributed by atoms with Gasteiger partial charge in [-0.25, -0.2) is 17.7 Å². The third-order valence-electron chi connectivity index (χ3n) is 5.18. The van der Waals surface area contributed by atoms with Crippen molar-refractivity contribution in [2.24, 2.45) is 5.92 Å². The lowest BCUT2D eigenvalue weighted by Gasteiger charge is -2.29. The van der Waals surface area contributed by atoms with Crippen LogP contribution in [0.5, 0.6) is 0 Å². The highest BCUT2D eigenvalue weighted by molar-refractivity contribution is 7.88. The van der Waals surface area contributed by atoms with Gasteiger partial charge in [-0.05, 0) is 25.8 Å². The van der Waals surface area contributed by atoms with E-state index < -0.39 is 10.0 Å². The molecule has 0 radical (unpaired) electrons. The number of para-hydroxylation sites is 1. The van der Waals surface area contributed by atoms with E-state index in [9.17, 15) is 13.2 Å². The monoisotopic (exact) mass is 418 g/mol. The molecule has 0 spiro atoms. The molecule has 0 atom stereocenters. The lowest BCUT2D eigenvalue weighted by molar-refractivity contribution is -0.120. The van der Waals surface area contributed by atoms with Crippen LogP contribution in [0.15, 0.2) is 29.6 Å². The summed E-state index contributed by atoms with van der Waals surface area (Å²) in [6, 6.07) is 8.08. The van der Waals surface area contributed by atoms with Gasteiger partial charge in [-0.15, -0.1) is 11.3 Å². The van der Waals surface area contributed by atoms with E-state index in [2.05, 4.69) is 21.4 Å². The number of carbonyl (C=O) groups excluding carboxylic acids is 1. The summed E-state index contributed by atoms with van der Waals surface area (Å²) in [5, 5.41) is 6.53. The van der Waals surface area contributed by atoms with E-state index in [1.165, 1.54) is 21.9 Å². The second-order valence-electron chi connectivity index (χ2n) is 7.13.